The Hall–Kier alpha value is -1.88. The maximum atomic E-state index is 12.6. The minimum Gasteiger partial charge on any atom is -0.444 e. The zero-order valence-electron chi connectivity index (χ0n) is 13.4. The molecular formula is C18H24N2O3. The molecule has 0 spiro atoms. The third-order valence-electron chi connectivity index (χ3n) is 4.78. The summed E-state index contributed by atoms with van der Waals surface area (Å²) in [5, 5.41) is 3.30. The molecule has 2 fully saturated rings. The van der Waals surface area contributed by atoms with Gasteiger partial charge in [-0.1, -0.05) is 49.6 Å². The van der Waals surface area contributed by atoms with Crippen molar-refractivity contribution in [1.82, 2.24) is 10.2 Å². The van der Waals surface area contributed by atoms with Crippen molar-refractivity contribution in [3.05, 3.63) is 35.9 Å². The molecule has 0 bridgehead atoms. The number of imide groups is 1. The Morgan fingerprint density at radius 2 is 1.91 bits per heavy atom. The van der Waals surface area contributed by atoms with E-state index >= 15 is 0 Å². The Labute approximate surface area is 137 Å². The van der Waals surface area contributed by atoms with Crippen molar-refractivity contribution in [2.24, 2.45) is 5.92 Å². The molecule has 1 aromatic carbocycles. The molecule has 3 rings (SSSR count). The number of rotatable bonds is 3. The zero-order valence-corrected chi connectivity index (χ0v) is 13.4. The van der Waals surface area contributed by atoms with Crippen LogP contribution in [0.4, 0.5) is 4.79 Å². The van der Waals surface area contributed by atoms with Crippen LogP contribution in [-0.2, 0) is 16.1 Å². The van der Waals surface area contributed by atoms with Crippen molar-refractivity contribution in [1.29, 1.82) is 0 Å². The van der Waals surface area contributed by atoms with Crippen LogP contribution in [0.2, 0.25) is 0 Å². The first-order valence-electron chi connectivity index (χ1n) is 8.51. The number of piperazine rings is 1. The van der Waals surface area contributed by atoms with Gasteiger partial charge in [-0.25, -0.2) is 9.69 Å². The molecule has 0 aromatic heterocycles. The number of amides is 2. The van der Waals surface area contributed by atoms with E-state index in [2.05, 4.69) is 5.32 Å². The highest BCUT2D eigenvalue weighted by Crippen LogP contribution is 2.28. The second-order valence-electron chi connectivity index (χ2n) is 6.36. The molecule has 1 heterocycles. The molecular weight excluding hydrogens is 292 g/mol. The Kier molecular flexibility index (Phi) is 5.28. The van der Waals surface area contributed by atoms with E-state index < -0.39 is 6.09 Å². The molecule has 1 atom stereocenters. The van der Waals surface area contributed by atoms with Crippen molar-refractivity contribution in [2.45, 2.75) is 44.8 Å². The van der Waals surface area contributed by atoms with Gasteiger partial charge in [0.25, 0.3) is 0 Å². The lowest BCUT2D eigenvalue weighted by Gasteiger charge is -2.36. The summed E-state index contributed by atoms with van der Waals surface area (Å²) in [4.78, 5) is 26.2. The molecule has 1 aliphatic heterocycles. The molecule has 2 aliphatic rings. The highest BCUT2D eigenvalue weighted by molar-refractivity contribution is 5.95. The Bertz CT molecular complexity index is 540. The van der Waals surface area contributed by atoms with E-state index in [1.54, 1.807) is 0 Å². The Balaban J connectivity index is 1.57. The van der Waals surface area contributed by atoms with Crippen molar-refractivity contribution in [2.75, 3.05) is 13.1 Å². The van der Waals surface area contributed by atoms with E-state index in [9.17, 15) is 9.59 Å². The molecule has 5 nitrogen and oxygen atoms in total. The summed E-state index contributed by atoms with van der Waals surface area (Å²) >= 11 is 0. The fourth-order valence-corrected chi connectivity index (χ4v) is 3.51. The Morgan fingerprint density at radius 3 is 2.65 bits per heavy atom. The van der Waals surface area contributed by atoms with Crippen LogP contribution in [0.1, 0.15) is 37.7 Å². The van der Waals surface area contributed by atoms with Crippen LogP contribution in [0.15, 0.2) is 30.3 Å². The number of hydrogen-bond donors (Lipinski definition) is 1. The van der Waals surface area contributed by atoms with Crippen LogP contribution in [0.5, 0.6) is 0 Å². The van der Waals surface area contributed by atoms with Gasteiger partial charge in [-0.3, -0.25) is 4.79 Å². The fraction of sp³-hybridized carbons (Fsp3) is 0.556. The van der Waals surface area contributed by atoms with Gasteiger partial charge in [0.2, 0.25) is 5.91 Å². The number of nitrogens with one attached hydrogen (secondary N) is 1. The minimum absolute atomic E-state index is 0.124. The average molecular weight is 316 g/mol. The van der Waals surface area contributed by atoms with Gasteiger partial charge in [0.05, 0.1) is 6.04 Å². The second-order valence-corrected chi connectivity index (χ2v) is 6.36. The van der Waals surface area contributed by atoms with Gasteiger partial charge in [-0.15, -0.1) is 0 Å². The monoisotopic (exact) mass is 316 g/mol. The third kappa shape index (κ3) is 3.91. The lowest BCUT2D eigenvalue weighted by atomic mass is 9.83. The van der Waals surface area contributed by atoms with E-state index in [4.69, 9.17) is 4.74 Å². The summed E-state index contributed by atoms with van der Waals surface area (Å²) in [7, 11) is 0. The Morgan fingerprint density at radius 1 is 1.17 bits per heavy atom. The van der Waals surface area contributed by atoms with Gasteiger partial charge >= 0.3 is 6.09 Å². The van der Waals surface area contributed by atoms with Crippen LogP contribution in [-0.4, -0.2) is 36.0 Å². The summed E-state index contributed by atoms with van der Waals surface area (Å²) in [5.74, 6) is 0.224. The number of nitrogens with zero attached hydrogens (tertiary/aromatic N) is 1. The van der Waals surface area contributed by atoms with Gasteiger partial charge in [0.15, 0.2) is 0 Å². The molecule has 0 radical (unpaired) electrons. The number of benzene rings is 1. The van der Waals surface area contributed by atoms with Crippen LogP contribution < -0.4 is 5.32 Å². The van der Waals surface area contributed by atoms with E-state index in [1.165, 1.54) is 24.2 Å². The summed E-state index contributed by atoms with van der Waals surface area (Å²) in [5.41, 5.74) is 0.923. The van der Waals surface area contributed by atoms with Crippen LogP contribution in [0.3, 0.4) is 0 Å². The predicted octanol–water partition coefficient (Wildman–Crippen LogP) is 2.70. The number of carbonyl (C=O) groups is 2. The van der Waals surface area contributed by atoms with Crippen molar-refractivity contribution in [3.63, 3.8) is 0 Å². The molecule has 5 heteroatoms. The van der Waals surface area contributed by atoms with Gasteiger partial charge in [-0.2, -0.15) is 0 Å². The van der Waals surface area contributed by atoms with Crippen LogP contribution in [0.25, 0.3) is 0 Å². The topological polar surface area (TPSA) is 58.6 Å². The van der Waals surface area contributed by atoms with E-state index in [0.717, 1.165) is 18.4 Å². The predicted molar refractivity (Wildman–Crippen MR) is 86.7 cm³/mol. The molecule has 1 saturated heterocycles. The highest BCUT2D eigenvalue weighted by Gasteiger charge is 2.38. The average Bonchev–Trinajstić information content (AvgIpc) is 2.61. The maximum Gasteiger partial charge on any atom is 0.416 e. The van der Waals surface area contributed by atoms with E-state index in [0.29, 0.717) is 19.0 Å². The zero-order chi connectivity index (χ0) is 16.1. The third-order valence-corrected chi connectivity index (χ3v) is 4.78. The normalized spacial score (nSPS) is 22.9. The summed E-state index contributed by atoms with van der Waals surface area (Å²) in [6.45, 7) is 1.23. The van der Waals surface area contributed by atoms with Crippen molar-refractivity contribution < 1.29 is 14.3 Å². The van der Waals surface area contributed by atoms with Gasteiger partial charge in [-0.05, 0) is 24.3 Å². The molecule has 1 unspecified atom stereocenters. The van der Waals surface area contributed by atoms with Gasteiger partial charge < -0.3 is 10.1 Å². The smallest absolute Gasteiger partial charge is 0.416 e. The summed E-state index contributed by atoms with van der Waals surface area (Å²) in [6.07, 6.45) is 5.21. The van der Waals surface area contributed by atoms with E-state index in [-0.39, 0.29) is 18.6 Å². The number of carbonyl (C=O) groups excluding carboxylic acids is 2. The molecule has 23 heavy (non-hydrogen) atoms. The minimum atomic E-state index is -0.527. The van der Waals surface area contributed by atoms with E-state index in [1.807, 2.05) is 30.3 Å². The fourth-order valence-electron chi connectivity index (χ4n) is 3.51. The molecule has 124 valence electrons. The van der Waals surface area contributed by atoms with Crippen LogP contribution >= 0.6 is 0 Å². The lowest BCUT2D eigenvalue weighted by molar-refractivity contribution is -0.135. The first-order valence-corrected chi connectivity index (χ1v) is 8.51. The standard InChI is InChI=1S/C18H24N2O3/c21-17-16(15-9-5-2-6-10-15)19-11-12-20(17)18(22)23-13-14-7-3-1-4-8-14/h1,3-4,7-8,15-16,19H,2,5-6,9-13H2. The van der Waals surface area contributed by atoms with Crippen LogP contribution in [0, 0.1) is 5.92 Å². The molecule has 1 aromatic rings. The van der Waals surface area contributed by atoms with Crippen molar-refractivity contribution in [3.8, 4) is 0 Å². The molecule has 1 saturated carbocycles. The summed E-state index contributed by atoms with van der Waals surface area (Å²) in [6, 6.07) is 9.29. The first-order chi connectivity index (χ1) is 11.3. The lowest BCUT2D eigenvalue weighted by Crippen LogP contribution is -2.59. The largest absolute Gasteiger partial charge is 0.444 e. The molecule has 2 amide bonds. The first kappa shape index (κ1) is 16.0. The SMILES string of the molecule is O=C(OCc1ccccc1)N1CCNC(C2CCCCC2)C1=O. The highest BCUT2D eigenvalue weighted by atomic mass is 16.6. The second kappa shape index (κ2) is 7.59. The van der Waals surface area contributed by atoms with Crippen molar-refractivity contribution >= 4 is 12.0 Å². The van der Waals surface area contributed by atoms with Gasteiger partial charge in [0.1, 0.15) is 6.61 Å². The summed E-state index contributed by atoms with van der Waals surface area (Å²) < 4.78 is 5.31. The number of ether oxygens (including phenoxy) is 1. The maximum absolute atomic E-state index is 12.6. The number of hydrogen-bond acceptors (Lipinski definition) is 4. The quantitative estimate of drug-likeness (QED) is 0.931. The molecule has 1 N–H and O–H groups in total. The molecule has 1 aliphatic carbocycles. The van der Waals surface area contributed by atoms with Gasteiger partial charge in [0, 0.05) is 13.1 Å².